The van der Waals surface area contributed by atoms with E-state index < -0.39 is 0 Å². The summed E-state index contributed by atoms with van der Waals surface area (Å²) < 4.78 is 5.50. The molecule has 0 saturated carbocycles. The highest BCUT2D eigenvalue weighted by molar-refractivity contribution is 14.2. The van der Waals surface area contributed by atoms with Gasteiger partial charge in [0.2, 0.25) is 0 Å². The maximum Gasteiger partial charge on any atom is 0.198 e. The second-order valence-corrected chi connectivity index (χ2v) is 7.56. The number of halogens is 1. The van der Waals surface area contributed by atoms with Gasteiger partial charge in [0.1, 0.15) is 15.0 Å². The van der Waals surface area contributed by atoms with Gasteiger partial charge in [0.15, 0.2) is 11.6 Å². The van der Waals surface area contributed by atoms with Crippen LogP contribution in [0.1, 0.15) is 37.4 Å². The van der Waals surface area contributed by atoms with E-state index in [0.717, 1.165) is 26.2 Å². The van der Waals surface area contributed by atoms with Crippen LogP contribution in [-0.2, 0) is 0 Å². The Morgan fingerprint density at radius 1 is 0.852 bits per heavy atom. The second kappa shape index (κ2) is 7.36. The predicted octanol–water partition coefficient (Wildman–Crippen LogP) is 5.89. The van der Waals surface area contributed by atoms with Crippen molar-refractivity contribution in [2.24, 2.45) is 0 Å². The van der Waals surface area contributed by atoms with Crippen molar-refractivity contribution in [2.75, 3.05) is 5.32 Å². The predicted molar refractivity (Wildman–Crippen MR) is 116 cm³/mol. The number of para-hydroxylation sites is 1. The molecule has 4 rings (SSSR count). The van der Waals surface area contributed by atoms with Gasteiger partial charge in [0, 0.05) is 49.3 Å². The third kappa shape index (κ3) is 3.23. The summed E-state index contributed by atoms with van der Waals surface area (Å²) >= 11 is 1.99. The number of rotatable bonds is 4. The van der Waals surface area contributed by atoms with Crippen LogP contribution in [0.3, 0.4) is 0 Å². The van der Waals surface area contributed by atoms with Crippen molar-refractivity contribution >= 4 is 53.4 Å². The Hall–Kier alpha value is -2.32. The number of aryl methyl sites for hydroxylation is 1. The molecule has 0 bridgehead atoms. The van der Waals surface area contributed by atoms with E-state index in [9.17, 15) is 9.59 Å². The van der Waals surface area contributed by atoms with Gasteiger partial charge in [-0.05, 0) is 42.8 Å². The summed E-state index contributed by atoms with van der Waals surface area (Å²) in [5.41, 5.74) is 4.04. The summed E-state index contributed by atoms with van der Waals surface area (Å²) in [5.74, 6) is 0.0783. The Balaban J connectivity index is 1.82. The highest BCUT2D eigenvalue weighted by Gasteiger charge is 2.34. The molecule has 1 aliphatic carbocycles. The first-order chi connectivity index (χ1) is 13.1. The lowest BCUT2D eigenvalue weighted by Crippen LogP contribution is -2.23. The Labute approximate surface area is 173 Å². The number of hydrogen-bond donors (Lipinski definition) is 1. The lowest BCUT2D eigenvalue weighted by molar-refractivity contribution is 0.0977. The number of anilines is 2. The highest BCUT2D eigenvalue weighted by atomic mass is 127. The molecule has 1 N–H and O–H groups in total. The summed E-state index contributed by atoms with van der Waals surface area (Å²) in [4.78, 5) is 26.3. The first-order valence-electron chi connectivity index (χ1n) is 8.24. The summed E-state index contributed by atoms with van der Waals surface area (Å²) in [6.45, 7) is 1.85. The molecule has 0 spiro atoms. The molecule has 0 amide bonds. The third-order valence-corrected chi connectivity index (χ3v) is 5.27. The van der Waals surface area contributed by atoms with Crippen LogP contribution in [-0.4, -0.2) is 11.6 Å². The number of nitrogens with one attached hydrogen (secondary N) is 1. The van der Waals surface area contributed by atoms with Crippen LogP contribution in [0.2, 0.25) is 0 Å². The van der Waals surface area contributed by atoms with Crippen molar-refractivity contribution in [1.82, 2.24) is 0 Å². The van der Waals surface area contributed by atoms with E-state index in [-0.39, 0.29) is 11.6 Å². The molecule has 3 aromatic carbocycles. The van der Waals surface area contributed by atoms with Crippen molar-refractivity contribution in [1.29, 1.82) is 0 Å². The lowest BCUT2D eigenvalue weighted by atomic mass is 9.81. The molecule has 134 valence electrons. The lowest BCUT2D eigenvalue weighted by Gasteiger charge is -2.22. The van der Waals surface area contributed by atoms with Crippen molar-refractivity contribution in [3.63, 3.8) is 0 Å². The monoisotopic (exact) mass is 487 g/mol. The molecule has 0 heterocycles. The summed E-state index contributed by atoms with van der Waals surface area (Å²) in [5, 5.41) is 3.29. The van der Waals surface area contributed by atoms with E-state index in [2.05, 4.69) is 5.32 Å². The largest absolute Gasteiger partial charge is 0.414 e. The first-order valence-corrected chi connectivity index (χ1v) is 11.5. The molecule has 0 fully saturated rings. The van der Waals surface area contributed by atoms with Gasteiger partial charge in [-0.25, -0.2) is 0 Å². The number of fused-ring (bicyclic) bond motifs is 2. The minimum atomic E-state index is -0.176. The first kappa shape index (κ1) is 18.1. The molecule has 27 heavy (non-hydrogen) atoms. The Kier molecular flexibility index (Phi) is 4.92. The minimum absolute atomic E-state index is 0.164. The average Bonchev–Trinajstić information content (AvgIpc) is 2.66. The Morgan fingerprint density at radius 3 is 2.37 bits per heavy atom. The molecular formula is C21H14INO3S. The van der Waals surface area contributed by atoms with E-state index in [1.807, 2.05) is 64.5 Å². The molecule has 0 radical (unpaired) electrons. The quantitative estimate of drug-likeness (QED) is 0.287. The van der Waals surface area contributed by atoms with Crippen LogP contribution < -0.4 is 9.50 Å². The molecule has 0 aromatic heterocycles. The molecule has 6 heteroatoms. The molecule has 0 saturated heterocycles. The van der Waals surface area contributed by atoms with Crippen LogP contribution in [0.25, 0.3) is 0 Å². The van der Waals surface area contributed by atoms with Gasteiger partial charge >= 0.3 is 0 Å². The van der Waals surface area contributed by atoms with Crippen LogP contribution in [0, 0.1) is 6.92 Å². The van der Waals surface area contributed by atoms with Gasteiger partial charge in [0.05, 0.1) is 5.56 Å². The van der Waals surface area contributed by atoms with Gasteiger partial charge in [0.25, 0.3) is 0 Å². The standard InChI is InChI=1S/C21H14INO3S/c1-12-10-14(23-13-6-3-2-4-7-13)11-16-18(12)21(25)19-15(20(16)24)8-5-9-17(19)26-27-22/h2-11,23H,1H3. The number of carbonyl (C=O) groups is 2. The molecular weight excluding hydrogens is 473 g/mol. The summed E-state index contributed by atoms with van der Waals surface area (Å²) in [6.07, 6.45) is 0. The summed E-state index contributed by atoms with van der Waals surface area (Å²) in [6, 6.07) is 18.5. The van der Waals surface area contributed by atoms with Gasteiger partial charge in [-0.3, -0.25) is 9.59 Å². The van der Waals surface area contributed by atoms with Gasteiger partial charge in [-0.2, -0.15) is 0 Å². The van der Waals surface area contributed by atoms with Gasteiger partial charge < -0.3 is 9.50 Å². The fourth-order valence-corrected chi connectivity index (χ4v) is 4.14. The number of carbonyl (C=O) groups excluding carboxylic acids is 2. The minimum Gasteiger partial charge on any atom is -0.414 e. The molecule has 0 atom stereocenters. The maximum atomic E-state index is 13.2. The highest BCUT2D eigenvalue weighted by Crippen LogP contribution is 2.37. The molecule has 3 aromatic rings. The smallest absolute Gasteiger partial charge is 0.198 e. The van der Waals surface area contributed by atoms with Gasteiger partial charge in [-0.1, -0.05) is 30.3 Å². The molecule has 4 nitrogen and oxygen atoms in total. The zero-order valence-corrected chi connectivity index (χ0v) is 17.3. The molecule has 1 aliphatic rings. The number of ketones is 2. The van der Waals surface area contributed by atoms with Crippen molar-refractivity contribution < 1.29 is 13.8 Å². The van der Waals surface area contributed by atoms with Crippen LogP contribution in [0.15, 0.2) is 60.7 Å². The normalized spacial score (nSPS) is 12.4. The Bertz CT molecular complexity index is 1070. The van der Waals surface area contributed by atoms with E-state index >= 15 is 0 Å². The van der Waals surface area contributed by atoms with E-state index in [1.54, 1.807) is 24.3 Å². The van der Waals surface area contributed by atoms with Gasteiger partial charge in [-0.15, -0.1) is 0 Å². The van der Waals surface area contributed by atoms with Crippen molar-refractivity contribution in [2.45, 2.75) is 6.92 Å². The number of hydrogen-bond acceptors (Lipinski definition) is 5. The zero-order valence-electron chi connectivity index (χ0n) is 14.3. The summed E-state index contributed by atoms with van der Waals surface area (Å²) in [7, 11) is 1.12. The molecule has 0 aliphatic heterocycles. The third-order valence-electron chi connectivity index (χ3n) is 4.49. The Morgan fingerprint density at radius 2 is 1.63 bits per heavy atom. The SMILES string of the molecule is Cc1cc(Nc2ccccc2)cc2c1C(=O)c1c(OSI)cccc1C2=O. The van der Waals surface area contributed by atoms with E-state index in [4.69, 9.17) is 4.18 Å². The van der Waals surface area contributed by atoms with Crippen molar-refractivity contribution in [3.05, 3.63) is 88.5 Å². The van der Waals surface area contributed by atoms with Crippen LogP contribution in [0.4, 0.5) is 11.4 Å². The van der Waals surface area contributed by atoms with E-state index in [0.29, 0.717) is 28.0 Å². The molecule has 0 unspecified atom stereocenters. The fraction of sp³-hybridized carbons (Fsp3) is 0.0476. The van der Waals surface area contributed by atoms with Crippen molar-refractivity contribution in [3.8, 4) is 5.75 Å². The van der Waals surface area contributed by atoms with Crippen LogP contribution in [0.5, 0.6) is 5.75 Å². The maximum absolute atomic E-state index is 13.2. The zero-order chi connectivity index (χ0) is 19.0. The van der Waals surface area contributed by atoms with Crippen LogP contribution >= 0.6 is 30.4 Å². The average molecular weight is 487 g/mol. The van der Waals surface area contributed by atoms with E-state index in [1.165, 1.54) is 0 Å². The number of benzene rings is 3. The topological polar surface area (TPSA) is 55.4 Å². The second-order valence-electron chi connectivity index (χ2n) is 6.19. The fourth-order valence-electron chi connectivity index (χ4n) is 3.36.